The Balaban J connectivity index is 1.38. The maximum atomic E-state index is 13.1. The van der Waals surface area contributed by atoms with Gasteiger partial charge in [-0.1, -0.05) is 25.2 Å². The fourth-order valence-electron chi connectivity index (χ4n) is 4.83. The van der Waals surface area contributed by atoms with Gasteiger partial charge < -0.3 is 4.90 Å². The highest BCUT2D eigenvalue weighted by atomic mass is 32.2. The number of allylic oxidation sites excluding steroid dienone is 1. The molecule has 6 nitrogen and oxygen atoms in total. The van der Waals surface area contributed by atoms with E-state index in [1.165, 1.54) is 17.7 Å². The van der Waals surface area contributed by atoms with Gasteiger partial charge >= 0.3 is 0 Å². The average molecular weight is 477 g/mol. The van der Waals surface area contributed by atoms with E-state index in [0.717, 1.165) is 48.0 Å². The van der Waals surface area contributed by atoms with Gasteiger partial charge in [0.2, 0.25) is 0 Å². The third-order valence-electron chi connectivity index (χ3n) is 6.86. The predicted octanol–water partition coefficient (Wildman–Crippen LogP) is 3.75. The molecule has 0 saturated heterocycles. The van der Waals surface area contributed by atoms with E-state index in [1.54, 1.807) is 17.0 Å². The molecule has 176 valence electrons. The molecule has 0 radical (unpaired) electrons. The van der Waals surface area contributed by atoms with Gasteiger partial charge in [-0.2, -0.15) is 0 Å². The Morgan fingerprint density at radius 2 is 1.88 bits per heavy atom. The fraction of sp³-hybridized carbons (Fsp3) is 0.370. The molecule has 2 aliphatic carbocycles. The normalized spacial score (nSPS) is 19.6. The second-order valence-electron chi connectivity index (χ2n) is 9.61. The lowest BCUT2D eigenvalue weighted by atomic mass is 9.87. The number of carbonyl (C=O) groups excluding carboxylic acids is 2. The molecule has 1 aromatic heterocycles. The summed E-state index contributed by atoms with van der Waals surface area (Å²) in [5.74, 6) is 0.502. The third-order valence-corrected chi connectivity index (χ3v) is 7.99. The van der Waals surface area contributed by atoms with Gasteiger partial charge in [0.05, 0.1) is 10.6 Å². The van der Waals surface area contributed by atoms with E-state index in [-0.39, 0.29) is 28.4 Å². The van der Waals surface area contributed by atoms with Gasteiger partial charge in [0.1, 0.15) is 5.78 Å². The molecule has 3 aliphatic rings. The molecule has 0 N–H and O–H groups in total. The van der Waals surface area contributed by atoms with Crippen molar-refractivity contribution in [3.05, 3.63) is 70.6 Å². The summed E-state index contributed by atoms with van der Waals surface area (Å²) < 4.78 is 23.4. The molecule has 1 saturated carbocycles. The number of rotatable bonds is 6. The van der Waals surface area contributed by atoms with Gasteiger partial charge in [-0.15, -0.1) is 0 Å². The Kier molecular flexibility index (Phi) is 5.76. The van der Waals surface area contributed by atoms with Crippen molar-refractivity contribution in [2.24, 2.45) is 11.8 Å². The van der Waals surface area contributed by atoms with Crippen LogP contribution in [0.25, 0.3) is 11.6 Å². The first kappa shape index (κ1) is 22.7. The zero-order chi connectivity index (χ0) is 24.0. The van der Waals surface area contributed by atoms with E-state index < -0.39 is 9.84 Å². The number of nitrogens with zero attached hydrogens (tertiary/aromatic N) is 2. The Morgan fingerprint density at radius 1 is 1.15 bits per heavy atom. The fourth-order valence-corrected chi connectivity index (χ4v) is 5.47. The molecule has 2 heterocycles. The molecule has 1 aromatic carbocycles. The van der Waals surface area contributed by atoms with Crippen molar-refractivity contribution < 1.29 is 18.0 Å². The second-order valence-corrected chi connectivity index (χ2v) is 11.6. The third kappa shape index (κ3) is 4.49. The number of carbonyl (C=O) groups is 2. The van der Waals surface area contributed by atoms with Crippen LogP contribution in [0.5, 0.6) is 0 Å². The van der Waals surface area contributed by atoms with Gasteiger partial charge in [0.15, 0.2) is 9.84 Å². The predicted molar refractivity (Wildman–Crippen MR) is 131 cm³/mol. The lowest BCUT2D eigenvalue weighted by Gasteiger charge is -2.32. The molecule has 7 heteroatoms. The quantitative estimate of drug-likeness (QED) is 0.634. The first-order valence-electron chi connectivity index (χ1n) is 11.7. The smallest absolute Gasteiger partial charge is 0.254 e. The number of Topliss-reactive ketones (excluding diaryl/α,β-unsaturated/α-hetero) is 1. The van der Waals surface area contributed by atoms with Crippen LogP contribution in [0, 0.1) is 11.8 Å². The summed E-state index contributed by atoms with van der Waals surface area (Å²) in [5.41, 5.74) is 5.76. The van der Waals surface area contributed by atoms with Crippen LogP contribution in [0.2, 0.25) is 0 Å². The number of pyridine rings is 1. The van der Waals surface area contributed by atoms with Crippen LogP contribution in [0.4, 0.5) is 0 Å². The van der Waals surface area contributed by atoms with Crippen molar-refractivity contribution in [3.63, 3.8) is 0 Å². The maximum absolute atomic E-state index is 13.1. The van der Waals surface area contributed by atoms with Crippen LogP contribution >= 0.6 is 0 Å². The van der Waals surface area contributed by atoms with Crippen molar-refractivity contribution in [2.75, 3.05) is 19.3 Å². The van der Waals surface area contributed by atoms with Crippen LogP contribution in [0.3, 0.4) is 0 Å². The maximum Gasteiger partial charge on any atom is 0.254 e. The molecule has 1 amide bonds. The molecule has 34 heavy (non-hydrogen) atoms. The van der Waals surface area contributed by atoms with E-state index in [2.05, 4.69) is 31.2 Å². The first-order valence-corrected chi connectivity index (χ1v) is 13.6. The molecule has 5 rings (SSSR count). The van der Waals surface area contributed by atoms with Gasteiger partial charge in [0, 0.05) is 54.9 Å². The highest BCUT2D eigenvalue weighted by Gasteiger charge is 2.31. The largest absolute Gasteiger partial charge is 0.334 e. The topological polar surface area (TPSA) is 84.4 Å². The Labute approximate surface area is 200 Å². The molecular weight excluding hydrogens is 448 g/mol. The minimum absolute atomic E-state index is 0.112. The molecule has 1 unspecified atom stereocenters. The molecule has 2 aromatic rings. The van der Waals surface area contributed by atoms with Gasteiger partial charge in [-0.05, 0) is 60.2 Å². The van der Waals surface area contributed by atoms with Crippen LogP contribution in [-0.2, 0) is 27.5 Å². The summed E-state index contributed by atoms with van der Waals surface area (Å²) in [7, 11) is -3.30. The summed E-state index contributed by atoms with van der Waals surface area (Å²) in [6, 6.07) is 8.18. The minimum Gasteiger partial charge on any atom is -0.334 e. The monoisotopic (exact) mass is 476 g/mol. The number of ketones is 1. The summed E-state index contributed by atoms with van der Waals surface area (Å²) in [6.07, 6.45) is 10.6. The number of sulfone groups is 1. The van der Waals surface area contributed by atoms with Gasteiger partial charge in [-0.3, -0.25) is 14.6 Å². The second kappa shape index (κ2) is 8.62. The number of amides is 1. The van der Waals surface area contributed by atoms with Gasteiger partial charge in [-0.25, -0.2) is 8.42 Å². The highest BCUT2D eigenvalue weighted by Crippen LogP contribution is 2.36. The molecule has 0 bridgehead atoms. The lowest BCUT2D eigenvalue weighted by molar-refractivity contribution is -0.119. The van der Waals surface area contributed by atoms with E-state index in [4.69, 9.17) is 4.98 Å². The van der Waals surface area contributed by atoms with Crippen molar-refractivity contribution in [1.82, 2.24) is 9.88 Å². The van der Waals surface area contributed by atoms with Crippen molar-refractivity contribution in [1.29, 1.82) is 0 Å². The van der Waals surface area contributed by atoms with E-state index in [9.17, 15) is 18.0 Å². The first-order chi connectivity index (χ1) is 16.2. The summed E-state index contributed by atoms with van der Waals surface area (Å²) >= 11 is 0. The molecular formula is C27H28N2O4S. The summed E-state index contributed by atoms with van der Waals surface area (Å²) in [4.78, 5) is 32.2. The minimum atomic E-state index is -3.30. The van der Waals surface area contributed by atoms with Crippen molar-refractivity contribution in [3.8, 4) is 0 Å². The van der Waals surface area contributed by atoms with Crippen LogP contribution in [-0.4, -0.2) is 49.3 Å². The van der Waals surface area contributed by atoms with Crippen molar-refractivity contribution >= 4 is 33.2 Å². The number of hydrogen-bond acceptors (Lipinski definition) is 5. The summed E-state index contributed by atoms with van der Waals surface area (Å²) in [6.45, 7) is 3.15. The molecule has 0 spiro atoms. The van der Waals surface area contributed by atoms with E-state index >= 15 is 0 Å². The number of fused-ring (bicyclic) bond motifs is 1. The number of aromatic nitrogens is 1. The van der Waals surface area contributed by atoms with Crippen LogP contribution < -0.4 is 0 Å². The van der Waals surface area contributed by atoms with Crippen LogP contribution in [0.1, 0.15) is 52.6 Å². The Hall–Kier alpha value is -3.06. The lowest BCUT2D eigenvalue weighted by Crippen LogP contribution is -2.38. The molecule has 1 aliphatic heterocycles. The highest BCUT2D eigenvalue weighted by molar-refractivity contribution is 7.90. The number of hydrogen-bond donors (Lipinski definition) is 0. The zero-order valence-corrected chi connectivity index (χ0v) is 20.3. The number of benzene rings is 1. The zero-order valence-electron chi connectivity index (χ0n) is 19.5. The van der Waals surface area contributed by atoms with Crippen molar-refractivity contribution in [2.45, 2.75) is 37.5 Å². The standard InChI is InChI=1S/C27H28N2O4S/c1-17-16-29(27(31)19-8-10-21(11-9-19)34(2,32)33)13-12-22(17)24-14-20(15-26(30)18-6-7-18)28-25-5-3-4-23(24)25/h3-4,8-12,14,17-18H,5-7,13,15-16H2,1-2H3. The average Bonchev–Trinajstić information content (AvgIpc) is 3.55. The Morgan fingerprint density at radius 3 is 2.53 bits per heavy atom. The van der Waals surface area contributed by atoms with Crippen LogP contribution in [0.15, 0.2) is 47.4 Å². The van der Waals surface area contributed by atoms with E-state index in [1.807, 2.05) is 0 Å². The molecule has 1 fully saturated rings. The van der Waals surface area contributed by atoms with Gasteiger partial charge in [0.25, 0.3) is 5.91 Å². The Bertz CT molecular complexity index is 1340. The SMILES string of the molecule is CC1CN(C(=O)c2ccc(S(C)(=O)=O)cc2)CC=C1c1cc(CC(=O)C2CC2)nc2c1C=CC2. The van der Waals surface area contributed by atoms with E-state index in [0.29, 0.717) is 25.1 Å². The molecule has 1 atom stereocenters. The summed E-state index contributed by atoms with van der Waals surface area (Å²) in [5, 5.41) is 0.